The van der Waals surface area contributed by atoms with Gasteiger partial charge in [0.2, 0.25) is 0 Å². The molecule has 1 saturated heterocycles. The molecule has 1 aliphatic rings. The second-order valence-electron chi connectivity index (χ2n) is 6.35. The van der Waals surface area contributed by atoms with E-state index in [1.54, 1.807) is 0 Å². The fourth-order valence-corrected chi connectivity index (χ4v) is 3.56. The van der Waals surface area contributed by atoms with E-state index in [-0.39, 0.29) is 5.91 Å². The summed E-state index contributed by atoms with van der Waals surface area (Å²) < 4.78 is 0. The fraction of sp³-hybridized carbons (Fsp3) is 0.273. The van der Waals surface area contributed by atoms with Crippen LogP contribution in [0.25, 0.3) is 6.08 Å². The Balaban J connectivity index is 1.70. The zero-order valence-electron chi connectivity index (χ0n) is 15.3. The lowest BCUT2D eigenvalue weighted by atomic mass is 10.1. The number of nitrogens with zero attached hydrogens (tertiary/aromatic N) is 1. The maximum Gasteiger partial charge on any atom is 0.264 e. The average molecular weight is 365 g/mol. The molecule has 0 unspecified atom stereocenters. The molecule has 1 amide bonds. The first kappa shape index (κ1) is 18.5. The molecule has 4 heteroatoms. The van der Waals surface area contributed by atoms with Crippen molar-refractivity contribution >= 4 is 34.6 Å². The molecule has 0 aliphatic carbocycles. The molecule has 0 radical (unpaired) electrons. The van der Waals surface area contributed by atoms with Crippen molar-refractivity contribution in [2.24, 2.45) is 4.99 Å². The lowest BCUT2D eigenvalue weighted by Gasteiger charge is -2.01. The van der Waals surface area contributed by atoms with Crippen molar-refractivity contribution in [3.63, 3.8) is 0 Å². The van der Waals surface area contributed by atoms with Gasteiger partial charge in [-0.15, -0.1) is 0 Å². The highest BCUT2D eigenvalue weighted by molar-refractivity contribution is 8.18. The summed E-state index contributed by atoms with van der Waals surface area (Å²) in [7, 11) is 0. The Kier molecular flexibility index (Phi) is 6.29. The number of aliphatic imine (C=N–C) groups is 1. The SMILES string of the molecule is CCCCc1ccc(N=C2NC(=O)C(=Cc3ccc(CC)cc3)S2)cc1. The molecule has 0 atom stereocenters. The van der Waals surface area contributed by atoms with Crippen molar-refractivity contribution in [3.05, 3.63) is 70.1 Å². The van der Waals surface area contributed by atoms with E-state index < -0.39 is 0 Å². The fourth-order valence-electron chi connectivity index (χ4n) is 2.72. The molecule has 1 N–H and O–H groups in total. The summed E-state index contributed by atoms with van der Waals surface area (Å²) >= 11 is 1.39. The van der Waals surface area contributed by atoms with Crippen LogP contribution in [0.4, 0.5) is 5.69 Å². The van der Waals surface area contributed by atoms with Crippen LogP contribution in [0, 0.1) is 0 Å². The van der Waals surface area contributed by atoms with Gasteiger partial charge in [0.05, 0.1) is 10.6 Å². The number of hydrogen-bond donors (Lipinski definition) is 1. The van der Waals surface area contributed by atoms with E-state index >= 15 is 0 Å². The standard InChI is InChI=1S/C22H24N2OS/c1-3-5-6-17-11-13-19(14-12-17)23-22-24-21(25)20(26-22)15-18-9-7-16(4-2)8-10-18/h7-15H,3-6H2,1-2H3,(H,23,24,25). The highest BCUT2D eigenvalue weighted by atomic mass is 32.2. The summed E-state index contributed by atoms with van der Waals surface area (Å²) in [5.41, 5.74) is 4.51. The second kappa shape index (κ2) is 8.86. The van der Waals surface area contributed by atoms with E-state index in [0.29, 0.717) is 10.1 Å². The number of carbonyl (C=O) groups is 1. The topological polar surface area (TPSA) is 41.5 Å². The number of rotatable bonds is 6. The molecule has 0 saturated carbocycles. The summed E-state index contributed by atoms with van der Waals surface area (Å²) in [4.78, 5) is 17.4. The third-order valence-corrected chi connectivity index (χ3v) is 5.23. The molecule has 134 valence electrons. The van der Waals surface area contributed by atoms with Gasteiger partial charge in [-0.2, -0.15) is 0 Å². The number of nitrogens with one attached hydrogen (secondary N) is 1. The van der Waals surface area contributed by atoms with E-state index in [0.717, 1.165) is 24.1 Å². The van der Waals surface area contributed by atoms with E-state index in [1.165, 1.54) is 35.7 Å². The van der Waals surface area contributed by atoms with Gasteiger partial charge < -0.3 is 5.32 Å². The van der Waals surface area contributed by atoms with Gasteiger partial charge in [-0.25, -0.2) is 4.99 Å². The first-order chi connectivity index (χ1) is 12.7. The molecule has 1 aliphatic heterocycles. The molecule has 0 bridgehead atoms. The Morgan fingerprint density at radius 2 is 1.69 bits per heavy atom. The zero-order valence-corrected chi connectivity index (χ0v) is 16.1. The van der Waals surface area contributed by atoms with Gasteiger partial charge in [0, 0.05) is 0 Å². The average Bonchev–Trinajstić information content (AvgIpc) is 3.00. The van der Waals surface area contributed by atoms with Crippen LogP contribution in [-0.2, 0) is 17.6 Å². The van der Waals surface area contributed by atoms with Gasteiger partial charge in [0.15, 0.2) is 5.17 Å². The highest BCUT2D eigenvalue weighted by Crippen LogP contribution is 2.28. The summed E-state index contributed by atoms with van der Waals surface area (Å²) in [6.07, 6.45) is 6.43. The summed E-state index contributed by atoms with van der Waals surface area (Å²) in [5, 5.41) is 3.48. The van der Waals surface area contributed by atoms with Crippen molar-refractivity contribution in [1.29, 1.82) is 0 Å². The van der Waals surface area contributed by atoms with Crippen LogP contribution in [0.1, 0.15) is 43.4 Å². The Bertz CT molecular complexity index is 820. The summed E-state index contributed by atoms with van der Waals surface area (Å²) in [6, 6.07) is 16.5. The van der Waals surface area contributed by atoms with Crippen molar-refractivity contribution in [1.82, 2.24) is 5.32 Å². The van der Waals surface area contributed by atoms with Crippen molar-refractivity contribution < 1.29 is 4.79 Å². The summed E-state index contributed by atoms with van der Waals surface area (Å²) in [6.45, 7) is 4.33. The zero-order chi connectivity index (χ0) is 18.4. The first-order valence-corrected chi connectivity index (χ1v) is 9.97. The predicted molar refractivity (Wildman–Crippen MR) is 112 cm³/mol. The number of hydrogen-bond acceptors (Lipinski definition) is 3. The van der Waals surface area contributed by atoms with Gasteiger partial charge in [0.25, 0.3) is 5.91 Å². The number of benzene rings is 2. The maximum atomic E-state index is 12.2. The number of thioether (sulfide) groups is 1. The molecule has 2 aromatic carbocycles. The monoisotopic (exact) mass is 364 g/mol. The van der Waals surface area contributed by atoms with Crippen LogP contribution in [-0.4, -0.2) is 11.1 Å². The van der Waals surface area contributed by atoms with Crippen LogP contribution in [0.15, 0.2) is 58.4 Å². The predicted octanol–water partition coefficient (Wildman–Crippen LogP) is 5.48. The molecule has 26 heavy (non-hydrogen) atoms. The Hall–Kier alpha value is -2.33. The minimum absolute atomic E-state index is 0.0899. The normalized spacial score (nSPS) is 17.1. The highest BCUT2D eigenvalue weighted by Gasteiger charge is 2.23. The van der Waals surface area contributed by atoms with Crippen molar-refractivity contribution in [2.75, 3.05) is 0 Å². The van der Waals surface area contributed by atoms with Crippen LogP contribution in [0.5, 0.6) is 0 Å². The van der Waals surface area contributed by atoms with E-state index in [4.69, 9.17) is 0 Å². The number of amidine groups is 1. The molecule has 0 spiro atoms. The van der Waals surface area contributed by atoms with E-state index in [9.17, 15) is 4.79 Å². The number of aryl methyl sites for hydroxylation is 2. The van der Waals surface area contributed by atoms with Crippen molar-refractivity contribution in [2.45, 2.75) is 39.5 Å². The first-order valence-electron chi connectivity index (χ1n) is 9.15. The minimum atomic E-state index is -0.0899. The van der Waals surface area contributed by atoms with Crippen LogP contribution in [0.2, 0.25) is 0 Å². The molecule has 1 fully saturated rings. The third kappa shape index (κ3) is 4.85. The minimum Gasteiger partial charge on any atom is -0.300 e. The van der Waals surface area contributed by atoms with E-state index in [1.807, 2.05) is 30.3 Å². The van der Waals surface area contributed by atoms with Gasteiger partial charge in [0.1, 0.15) is 0 Å². The van der Waals surface area contributed by atoms with Gasteiger partial charge in [-0.3, -0.25) is 4.79 Å². The smallest absolute Gasteiger partial charge is 0.264 e. The molecule has 3 rings (SSSR count). The van der Waals surface area contributed by atoms with Gasteiger partial charge in [-0.05, 0) is 65.9 Å². The quantitative estimate of drug-likeness (QED) is 0.689. The maximum absolute atomic E-state index is 12.2. The molecule has 3 nitrogen and oxygen atoms in total. The molecule has 2 aromatic rings. The van der Waals surface area contributed by atoms with Crippen LogP contribution >= 0.6 is 11.8 Å². The second-order valence-corrected chi connectivity index (χ2v) is 7.38. The van der Waals surface area contributed by atoms with Gasteiger partial charge >= 0.3 is 0 Å². The number of amides is 1. The molecular weight excluding hydrogens is 340 g/mol. The third-order valence-electron chi connectivity index (χ3n) is 4.32. The Morgan fingerprint density at radius 1 is 1.00 bits per heavy atom. The molecular formula is C22H24N2OS. The molecule has 1 heterocycles. The summed E-state index contributed by atoms with van der Waals surface area (Å²) in [5.74, 6) is -0.0899. The van der Waals surface area contributed by atoms with E-state index in [2.05, 4.69) is 48.4 Å². The Labute approximate surface area is 159 Å². The lowest BCUT2D eigenvalue weighted by Crippen LogP contribution is -2.19. The van der Waals surface area contributed by atoms with Crippen LogP contribution < -0.4 is 5.32 Å². The lowest BCUT2D eigenvalue weighted by molar-refractivity contribution is -0.115. The van der Waals surface area contributed by atoms with Crippen molar-refractivity contribution in [3.8, 4) is 0 Å². The molecule has 0 aromatic heterocycles. The number of carbonyl (C=O) groups excluding carboxylic acids is 1. The number of unbranched alkanes of at least 4 members (excludes halogenated alkanes) is 1. The Morgan fingerprint density at radius 3 is 2.35 bits per heavy atom. The largest absolute Gasteiger partial charge is 0.300 e. The van der Waals surface area contributed by atoms with Crippen LogP contribution in [0.3, 0.4) is 0 Å². The van der Waals surface area contributed by atoms with Gasteiger partial charge in [-0.1, -0.05) is 56.7 Å².